The van der Waals surface area contributed by atoms with Crippen LogP contribution >= 0.6 is 0 Å². The van der Waals surface area contributed by atoms with E-state index in [4.69, 9.17) is 10.2 Å². The van der Waals surface area contributed by atoms with Gasteiger partial charge in [0.1, 0.15) is 6.04 Å². The number of nitrogens with one attached hydrogen (secondary N) is 2. The van der Waals surface area contributed by atoms with Crippen LogP contribution < -0.4 is 10.6 Å². The maximum absolute atomic E-state index is 11.7. The van der Waals surface area contributed by atoms with Crippen molar-refractivity contribution in [3.8, 4) is 0 Å². The molecule has 4 N–H and O–H groups in total. The molecule has 0 spiro atoms. The molecular formula is C12H21N3O5. The molecule has 20 heavy (non-hydrogen) atoms. The normalized spacial score (nSPS) is 20.9. The Labute approximate surface area is 117 Å². The number of rotatable bonds is 6. The lowest BCUT2D eigenvalue weighted by Crippen LogP contribution is -2.53. The Morgan fingerprint density at radius 3 is 2.60 bits per heavy atom. The number of piperidine rings is 1. The van der Waals surface area contributed by atoms with E-state index in [-0.39, 0.29) is 6.04 Å². The molecule has 1 fully saturated rings. The average Bonchev–Trinajstić information content (AvgIpc) is 2.37. The van der Waals surface area contributed by atoms with E-state index in [1.54, 1.807) is 0 Å². The Hall–Kier alpha value is -1.83. The van der Waals surface area contributed by atoms with Crippen molar-refractivity contribution in [2.75, 3.05) is 19.6 Å². The Morgan fingerprint density at radius 2 is 2.05 bits per heavy atom. The summed E-state index contributed by atoms with van der Waals surface area (Å²) in [6, 6.07) is -2.09. The van der Waals surface area contributed by atoms with Crippen molar-refractivity contribution in [1.29, 1.82) is 0 Å². The topological polar surface area (TPSA) is 119 Å². The molecular weight excluding hydrogens is 266 g/mol. The molecule has 2 unspecified atom stereocenters. The number of urea groups is 1. The van der Waals surface area contributed by atoms with Gasteiger partial charge in [-0.1, -0.05) is 6.92 Å². The lowest BCUT2D eigenvalue weighted by molar-refractivity contribution is -0.145. The van der Waals surface area contributed by atoms with Crippen molar-refractivity contribution in [1.82, 2.24) is 15.5 Å². The molecule has 0 aromatic carbocycles. The number of hydrogen-bond acceptors (Lipinski definition) is 4. The van der Waals surface area contributed by atoms with E-state index in [1.165, 1.54) is 0 Å². The number of nitrogens with zero attached hydrogens (tertiary/aromatic N) is 1. The third-order valence-electron chi connectivity index (χ3n) is 3.27. The van der Waals surface area contributed by atoms with Gasteiger partial charge in [0.2, 0.25) is 0 Å². The summed E-state index contributed by atoms with van der Waals surface area (Å²) in [5.74, 6) is -2.63. The Morgan fingerprint density at radius 1 is 1.35 bits per heavy atom. The molecule has 0 radical (unpaired) electrons. The molecule has 1 saturated heterocycles. The smallest absolute Gasteiger partial charge is 0.326 e. The summed E-state index contributed by atoms with van der Waals surface area (Å²) < 4.78 is 0. The van der Waals surface area contributed by atoms with Crippen LogP contribution in [0.4, 0.5) is 4.79 Å². The molecule has 0 aromatic rings. The van der Waals surface area contributed by atoms with Gasteiger partial charge in [0.25, 0.3) is 0 Å². The van der Waals surface area contributed by atoms with Crippen molar-refractivity contribution in [3.63, 3.8) is 0 Å². The van der Waals surface area contributed by atoms with Gasteiger partial charge < -0.3 is 25.7 Å². The van der Waals surface area contributed by atoms with Crippen molar-refractivity contribution in [2.45, 2.75) is 38.3 Å². The quantitative estimate of drug-likeness (QED) is 0.532. The van der Waals surface area contributed by atoms with E-state index >= 15 is 0 Å². The van der Waals surface area contributed by atoms with Crippen LogP contribution in [-0.2, 0) is 9.59 Å². The summed E-state index contributed by atoms with van der Waals surface area (Å²) in [6.07, 6.45) is 1.16. The first-order chi connectivity index (χ1) is 9.42. The molecule has 1 rings (SSSR count). The van der Waals surface area contributed by atoms with Gasteiger partial charge in [0.05, 0.1) is 6.42 Å². The molecule has 0 saturated carbocycles. The van der Waals surface area contributed by atoms with Crippen LogP contribution in [0.25, 0.3) is 0 Å². The molecule has 0 aromatic heterocycles. The number of hydrogen-bond donors (Lipinski definition) is 4. The lowest BCUT2D eigenvalue weighted by atomic mass is 10.1. The molecule has 1 aliphatic heterocycles. The van der Waals surface area contributed by atoms with E-state index in [0.717, 1.165) is 32.5 Å². The standard InChI is InChI=1S/C12H21N3O5/c1-2-15-5-3-4-8(7-15)13-12(20)14-9(11(18)19)6-10(16)17/h8-9H,2-7H2,1H3,(H,16,17)(H,18,19)(H2,13,14,20). The van der Waals surface area contributed by atoms with Gasteiger partial charge in [-0.15, -0.1) is 0 Å². The van der Waals surface area contributed by atoms with Crippen molar-refractivity contribution in [2.24, 2.45) is 0 Å². The zero-order valence-electron chi connectivity index (χ0n) is 11.5. The highest BCUT2D eigenvalue weighted by molar-refractivity contribution is 5.86. The second kappa shape index (κ2) is 7.68. The second-order valence-corrected chi connectivity index (χ2v) is 4.84. The maximum atomic E-state index is 11.7. The predicted octanol–water partition coefficient (Wildman–Crippen LogP) is -0.302. The molecule has 114 valence electrons. The molecule has 1 heterocycles. The van der Waals surface area contributed by atoms with Gasteiger partial charge in [0, 0.05) is 12.6 Å². The summed E-state index contributed by atoms with van der Waals surface area (Å²) in [6.45, 7) is 4.65. The first kappa shape index (κ1) is 16.2. The molecule has 8 heteroatoms. The molecule has 0 aliphatic carbocycles. The van der Waals surface area contributed by atoms with Gasteiger partial charge >= 0.3 is 18.0 Å². The number of carbonyl (C=O) groups excluding carboxylic acids is 1. The van der Waals surface area contributed by atoms with Gasteiger partial charge in [-0.3, -0.25) is 4.79 Å². The Balaban J connectivity index is 2.44. The van der Waals surface area contributed by atoms with E-state index < -0.39 is 30.4 Å². The first-order valence-corrected chi connectivity index (χ1v) is 6.66. The van der Waals surface area contributed by atoms with Gasteiger partial charge in [-0.2, -0.15) is 0 Å². The van der Waals surface area contributed by atoms with Crippen LogP contribution in [0.15, 0.2) is 0 Å². The minimum absolute atomic E-state index is 0.0389. The molecule has 1 aliphatic rings. The highest BCUT2D eigenvalue weighted by Crippen LogP contribution is 2.09. The second-order valence-electron chi connectivity index (χ2n) is 4.84. The average molecular weight is 287 g/mol. The first-order valence-electron chi connectivity index (χ1n) is 6.66. The zero-order valence-corrected chi connectivity index (χ0v) is 11.5. The van der Waals surface area contributed by atoms with E-state index in [1.807, 2.05) is 6.92 Å². The van der Waals surface area contributed by atoms with E-state index in [9.17, 15) is 14.4 Å². The summed E-state index contributed by atoms with van der Waals surface area (Å²) in [5.41, 5.74) is 0. The third kappa shape index (κ3) is 5.43. The van der Waals surface area contributed by atoms with E-state index in [2.05, 4.69) is 15.5 Å². The number of aliphatic carboxylic acids is 2. The number of likely N-dealkylation sites (tertiary alicyclic amines) is 1. The third-order valence-corrected chi connectivity index (χ3v) is 3.27. The van der Waals surface area contributed by atoms with E-state index in [0.29, 0.717) is 0 Å². The van der Waals surface area contributed by atoms with Crippen LogP contribution in [0.3, 0.4) is 0 Å². The molecule has 8 nitrogen and oxygen atoms in total. The number of carbonyl (C=O) groups is 3. The lowest BCUT2D eigenvalue weighted by Gasteiger charge is -2.32. The minimum atomic E-state index is -1.42. The number of carboxylic acid groups (broad SMARTS) is 2. The van der Waals surface area contributed by atoms with Crippen molar-refractivity contribution in [3.05, 3.63) is 0 Å². The van der Waals surface area contributed by atoms with Crippen LogP contribution in [0, 0.1) is 0 Å². The van der Waals surface area contributed by atoms with Crippen LogP contribution in [-0.4, -0.2) is 64.8 Å². The maximum Gasteiger partial charge on any atom is 0.326 e. The fourth-order valence-corrected chi connectivity index (χ4v) is 2.22. The predicted molar refractivity (Wildman–Crippen MR) is 70.5 cm³/mol. The van der Waals surface area contributed by atoms with Gasteiger partial charge in [-0.25, -0.2) is 9.59 Å². The SMILES string of the molecule is CCN1CCCC(NC(=O)NC(CC(=O)O)C(=O)O)C1. The van der Waals surface area contributed by atoms with Crippen LogP contribution in [0.2, 0.25) is 0 Å². The fourth-order valence-electron chi connectivity index (χ4n) is 2.22. The highest BCUT2D eigenvalue weighted by Gasteiger charge is 2.25. The summed E-state index contributed by atoms with van der Waals surface area (Å²) >= 11 is 0. The monoisotopic (exact) mass is 287 g/mol. The van der Waals surface area contributed by atoms with Crippen molar-refractivity contribution < 1.29 is 24.6 Å². The summed E-state index contributed by atoms with van der Waals surface area (Å²) in [5, 5.41) is 22.3. The van der Waals surface area contributed by atoms with Crippen molar-refractivity contribution >= 4 is 18.0 Å². The minimum Gasteiger partial charge on any atom is -0.481 e. The Bertz CT molecular complexity index is 374. The van der Waals surface area contributed by atoms with Crippen LogP contribution in [0.5, 0.6) is 0 Å². The van der Waals surface area contributed by atoms with Gasteiger partial charge in [0.15, 0.2) is 0 Å². The fraction of sp³-hybridized carbons (Fsp3) is 0.750. The van der Waals surface area contributed by atoms with Crippen LogP contribution in [0.1, 0.15) is 26.2 Å². The number of likely N-dealkylation sites (N-methyl/N-ethyl adjacent to an activating group) is 1. The Kier molecular flexibility index (Phi) is 6.23. The molecule has 2 atom stereocenters. The molecule has 0 bridgehead atoms. The zero-order chi connectivity index (χ0) is 15.1. The largest absolute Gasteiger partial charge is 0.481 e. The molecule has 2 amide bonds. The number of carboxylic acids is 2. The van der Waals surface area contributed by atoms with Gasteiger partial charge in [-0.05, 0) is 25.9 Å². The number of amides is 2. The summed E-state index contributed by atoms with van der Waals surface area (Å²) in [4.78, 5) is 35.3. The highest BCUT2D eigenvalue weighted by atomic mass is 16.4. The summed E-state index contributed by atoms with van der Waals surface area (Å²) in [7, 11) is 0.